The molecule has 6 heteroatoms. The number of nitrogens with two attached hydrogens (primary N) is 1. The van der Waals surface area contributed by atoms with Gasteiger partial charge in [0.05, 0.1) is 5.69 Å². The Hall–Kier alpha value is -2.24. The molecule has 1 aromatic heterocycles. The third kappa shape index (κ3) is 3.44. The topological polar surface area (TPSA) is 104 Å². The van der Waals surface area contributed by atoms with Crippen molar-refractivity contribution < 1.29 is 9.90 Å². The molecule has 1 heterocycles. The van der Waals surface area contributed by atoms with E-state index in [-0.39, 0.29) is 5.88 Å². The minimum absolute atomic E-state index is 0.283. The number of rotatable bonds is 3. The minimum atomic E-state index is -0.719. The Morgan fingerprint density at radius 2 is 2.14 bits per heavy atom. The Bertz CT molecular complexity index is 372. The Balaban J connectivity index is 2.70. The van der Waals surface area contributed by atoms with Crippen LogP contribution in [-0.4, -0.2) is 16.0 Å². The van der Waals surface area contributed by atoms with E-state index in [1.807, 2.05) is 0 Å². The minimum Gasteiger partial charge on any atom is -0.578 e. The molecule has 0 atom stereocenters. The molecule has 0 aliphatic carbocycles. The first-order chi connectivity index (χ1) is 6.68. The predicted molar refractivity (Wildman–Crippen MR) is 49.6 cm³/mol. The van der Waals surface area contributed by atoms with Crippen molar-refractivity contribution in [1.29, 1.82) is 0 Å². The highest BCUT2D eigenvalue weighted by molar-refractivity contribution is 5.86. The Morgan fingerprint density at radius 3 is 2.71 bits per heavy atom. The number of nitrogens with zero attached hydrogens (tertiary/aromatic N) is 3. The van der Waals surface area contributed by atoms with Gasteiger partial charge < -0.3 is 10.8 Å². The van der Waals surface area contributed by atoms with Gasteiger partial charge in [-0.3, -0.25) is 9.78 Å². The molecule has 14 heavy (non-hydrogen) atoms. The summed E-state index contributed by atoms with van der Waals surface area (Å²) in [4.78, 5) is 14.1. The molecule has 0 radical (unpaired) electrons. The number of aromatic nitrogens is 1. The number of hydrogen-bond donors (Lipinski definition) is 1. The number of amides is 1. The van der Waals surface area contributed by atoms with Gasteiger partial charge in [0.25, 0.3) is 5.91 Å². The zero-order valence-corrected chi connectivity index (χ0v) is 7.21. The van der Waals surface area contributed by atoms with E-state index in [1.54, 1.807) is 24.5 Å². The van der Waals surface area contributed by atoms with E-state index in [4.69, 9.17) is 10.8 Å². The zero-order chi connectivity index (χ0) is 10.4. The van der Waals surface area contributed by atoms with Crippen molar-refractivity contribution in [2.45, 2.75) is 0 Å². The van der Waals surface area contributed by atoms with E-state index < -0.39 is 5.91 Å². The van der Waals surface area contributed by atoms with E-state index in [0.29, 0.717) is 5.69 Å². The number of carbonyl (C=O) groups is 1. The average molecular weight is 193 g/mol. The van der Waals surface area contributed by atoms with Crippen molar-refractivity contribution in [3.63, 3.8) is 0 Å². The molecule has 0 aliphatic rings. The van der Waals surface area contributed by atoms with Crippen LogP contribution in [0.3, 0.4) is 0 Å². The van der Waals surface area contributed by atoms with Gasteiger partial charge in [-0.25, -0.2) is 0 Å². The van der Waals surface area contributed by atoms with Gasteiger partial charge in [-0.05, 0) is 12.1 Å². The summed E-state index contributed by atoms with van der Waals surface area (Å²) >= 11 is 0. The van der Waals surface area contributed by atoms with Crippen LogP contribution < -0.4 is 5.73 Å². The first-order valence-corrected chi connectivity index (χ1v) is 3.73. The highest BCUT2D eigenvalue weighted by Gasteiger charge is 1.97. The maximum Gasteiger partial charge on any atom is 0.381 e. The van der Waals surface area contributed by atoms with Crippen LogP contribution in [0.5, 0.6) is 0 Å². The quantitative estimate of drug-likeness (QED) is 0.321. The third-order valence-electron chi connectivity index (χ3n) is 1.21. The van der Waals surface area contributed by atoms with Crippen LogP contribution in [0.25, 0.3) is 0 Å². The highest BCUT2D eigenvalue weighted by atomic mass is 16.3. The van der Waals surface area contributed by atoms with Gasteiger partial charge in [0.2, 0.25) is 0 Å². The van der Waals surface area contributed by atoms with E-state index in [9.17, 15) is 4.79 Å². The largest absolute Gasteiger partial charge is 0.578 e. The SMILES string of the molecule is NC(=O)/C=C(\[OH2+])N=Nc1ccncc1. The molecular weight excluding hydrogens is 184 g/mol. The fraction of sp³-hybridized carbons (Fsp3) is 0. The Kier molecular flexibility index (Phi) is 3.31. The molecule has 1 amide bonds. The number of carbonyl (C=O) groups excluding carboxylic acids is 1. The molecule has 0 spiro atoms. The van der Waals surface area contributed by atoms with Gasteiger partial charge in [0.1, 0.15) is 6.08 Å². The van der Waals surface area contributed by atoms with Gasteiger partial charge in [-0.2, -0.15) is 0 Å². The lowest BCUT2D eigenvalue weighted by molar-refractivity contribution is -0.113. The van der Waals surface area contributed by atoms with Crippen molar-refractivity contribution in [3.8, 4) is 0 Å². The van der Waals surface area contributed by atoms with E-state index in [0.717, 1.165) is 6.08 Å². The maximum atomic E-state index is 10.3. The molecule has 0 unspecified atom stereocenters. The standard InChI is InChI=1S/C8H8N4O2/c9-7(13)5-8(14)12-11-6-1-3-10-4-2-6/h1-5,14H,(H2,9,13)/p+1/b8-5-,12-11?. The van der Waals surface area contributed by atoms with Gasteiger partial charge >= 0.3 is 5.88 Å². The van der Waals surface area contributed by atoms with Gasteiger partial charge in [0.15, 0.2) is 0 Å². The van der Waals surface area contributed by atoms with Gasteiger partial charge in [-0.15, -0.1) is 5.11 Å². The Morgan fingerprint density at radius 1 is 1.50 bits per heavy atom. The summed E-state index contributed by atoms with van der Waals surface area (Å²) in [5.41, 5.74) is 5.37. The molecule has 0 fully saturated rings. The number of pyridine rings is 1. The second-order valence-electron chi connectivity index (χ2n) is 2.34. The van der Waals surface area contributed by atoms with Crippen LogP contribution in [0.4, 0.5) is 5.69 Å². The molecule has 0 saturated heterocycles. The summed E-state index contributed by atoms with van der Waals surface area (Å²) in [5, 5.41) is 14.3. The summed E-state index contributed by atoms with van der Waals surface area (Å²) < 4.78 is 0. The molecule has 0 bridgehead atoms. The lowest BCUT2D eigenvalue weighted by atomic mass is 10.4. The average Bonchev–Trinajstić information content (AvgIpc) is 2.15. The van der Waals surface area contributed by atoms with Crippen LogP contribution in [0.1, 0.15) is 0 Å². The lowest BCUT2D eigenvalue weighted by Gasteiger charge is -1.87. The fourth-order valence-corrected chi connectivity index (χ4v) is 0.686. The highest BCUT2D eigenvalue weighted by Crippen LogP contribution is 2.09. The summed E-state index contributed by atoms with van der Waals surface area (Å²) in [6.07, 6.45) is 3.98. The first kappa shape index (κ1) is 9.85. The number of hydrogen-bond acceptors (Lipinski definition) is 4. The van der Waals surface area contributed by atoms with Crippen molar-refractivity contribution in [3.05, 3.63) is 36.5 Å². The molecule has 0 aromatic carbocycles. The molecule has 6 nitrogen and oxygen atoms in total. The predicted octanol–water partition coefficient (Wildman–Crippen LogP) is 0.217. The third-order valence-corrected chi connectivity index (χ3v) is 1.21. The van der Waals surface area contributed by atoms with Crippen molar-refractivity contribution >= 4 is 11.6 Å². The van der Waals surface area contributed by atoms with Crippen LogP contribution in [-0.2, 0) is 4.79 Å². The lowest BCUT2D eigenvalue weighted by Crippen LogP contribution is -2.06. The van der Waals surface area contributed by atoms with Crippen LogP contribution >= 0.6 is 0 Å². The zero-order valence-electron chi connectivity index (χ0n) is 7.21. The van der Waals surface area contributed by atoms with Crippen molar-refractivity contribution in [1.82, 2.24) is 4.98 Å². The monoisotopic (exact) mass is 193 g/mol. The molecule has 0 aliphatic heterocycles. The normalized spacial score (nSPS) is 11.9. The number of azo groups is 1. The van der Waals surface area contributed by atoms with Crippen molar-refractivity contribution in [2.75, 3.05) is 0 Å². The fourth-order valence-electron chi connectivity index (χ4n) is 0.686. The summed E-state index contributed by atoms with van der Waals surface area (Å²) in [7, 11) is 0. The van der Waals surface area contributed by atoms with E-state index in [1.165, 1.54) is 0 Å². The van der Waals surface area contributed by atoms with Gasteiger partial charge in [-0.1, -0.05) is 5.11 Å². The molecule has 4 N–H and O–H groups in total. The second-order valence-corrected chi connectivity index (χ2v) is 2.34. The molecule has 1 rings (SSSR count). The Labute approximate surface area is 79.8 Å². The van der Waals surface area contributed by atoms with Crippen molar-refractivity contribution in [2.24, 2.45) is 16.0 Å². The second kappa shape index (κ2) is 4.70. The van der Waals surface area contributed by atoms with Crippen LogP contribution in [0.15, 0.2) is 46.7 Å². The van der Waals surface area contributed by atoms with E-state index in [2.05, 4.69) is 15.2 Å². The summed E-state index contributed by atoms with van der Waals surface area (Å²) in [5.74, 6) is -1.00. The summed E-state index contributed by atoms with van der Waals surface area (Å²) in [6.45, 7) is 0. The summed E-state index contributed by atoms with van der Waals surface area (Å²) in [6, 6.07) is 3.25. The maximum absolute atomic E-state index is 10.3. The molecule has 0 saturated carbocycles. The van der Waals surface area contributed by atoms with E-state index >= 15 is 0 Å². The smallest absolute Gasteiger partial charge is 0.381 e. The molecule has 72 valence electrons. The van der Waals surface area contributed by atoms with Gasteiger partial charge in [0, 0.05) is 12.4 Å². The first-order valence-electron chi connectivity index (χ1n) is 3.73. The van der Waals surface area contributed by atoms with Crippen LogP contribution in [0.2, 0.25) is 0 Å². The molecule has 1 aromatic rings. The molecular formula is C8H9N4O2+. The van der Waals surface area contributed by atoms with Crippen LogP contribution in [0, 0.1) is 0 Å². The number of primary amides is 1.